The van der Waals surface area contributed by atoms with E-state index in [2.05, 4.69) is 57.7 Å². The number of rotatable bonds is 2. The highest BCUT2D eigenvalue weighted by molar-refractivity contribution is 9.08. The SMILES string of the molecule is Cc1cc(N2CCSCC2)ccc1CBr. The Labute approximate surface area is 104 Å². The second kappa shape index (κ2) is 5.26. The minimum atomic E-state index is 0.953. The van der Waals surface area contributed by atoms with Gasteiger partial charge in [0.15, 0.2) is 0 Å². The topological polar surface area (TPSA) is 3.24 Å². The van der Waals surface area contributed by atoms with Gasteiger partial charge in [0.05, 0.1) is 0 Å². The zero-order valence-corrected chi connectivity index (χ0v) is 11.4. The molecular weight excluding hydrogens is 270 g/mol. The van der Waals surface area contributed by atoms with E-state index in [-0.39, 0.29) is 0 Å². The lowest BCUT2D eigenvalue weighted by Crippen LogP contribution is -2.32. The summed E-state index contributed by atoms with van der Waals surface area (Å²) in [6.45, 7) is 4.58. The van der Waals surface area contributed by atoms with Crippen LogP contribution in [0.1, 0.15) is 11.1 Å². The number of hydrogen-bond acceptors (Lipinski definition) is 2. The lowest BCUT2D eigenvalue weighted by atomic mass is 10.1. The molecule has 0 spiro atoms. The lowest BCUT2D eigenvalue weighted by Gasteiger charge is -2.29. The predicted octanol–water partition coefficient (Wildman–Crippen LogP) is 3.44. The summed E-state index contributed by atoms with van der Waals surface area (Å²) < 4.78 is 0. The maximum atomic E-state index is 3.51. The normalized spacial score (nSPS) is 16.8. The monoisotopic (exact) mass is 285 g/mol. The second-order valence-electron chi connectivity index (χ2n) is 3.84. The first-order valence-corrected chi connectivity index (χ1v) is 7.57. The molecule has 1 saturated heterocycles. The quantitative estimate of drug-likeness (QED) is 0.766. The maximum absolute atomic E-state index is 3.51. The van der Waals surface area contributed by atoms with Gasteiger partial charge in [-0.1, -0.05) is 22.0 Å². The Balaban J connectivity index is 2.17. The third-order valence-corrected chi connectivity index (χ3v) is 4.39. The number of hydrogen-bond donors (Lipinski definition) is 0. The largest absolute Gasteiger partial charge is 0.370 e. The summed E-state index contributed by atoms with van der Waals surface area (Å²) >= 11 is 5.57. The molecule has 15 heavy (non-hydrogen) atoms. The van der Waals surface area contributed by atoms with Crippen LogP contribution in [0.2, 0.25) is 0 Å². The summed E-state index contributed by atoms with van der Waals surface area (Å²) in [6, 6.07) is 6.80. The molecule has 1 aliphatic heterocycles. The van der Waals surface area contributed by atoms with E-state index in [0.29, 0.717) is 0 Å². The van der Waals surface area contributed by atoms with Gasteiger partial charge in [-0.05, 0) is 30.2 Å². The van der Waals surface area contributed by atoms with Gasteiger partial charge in [0.2, 0.25) is 0 Å². The minimum absolute atomic E-state index is 0.953. The number of halogens is 1. The highest BCUT2D eigenvalue weighted by Crippen LogP contribution is 2.23. The first-order chi connectivity index (χ1) is 7.31. The Kier molecular flexibility index (Phi) is 3.98. The van der Waals surface area contributed by atoms with Crippen LogP contribution in [-0.2, 0) is 5.33 Å². The average molecular weight is 286 g/mol. The van der Waals surface area contributed by atoms with Gasteiger partial charge in [-0.15, -0.1) is 0 Å². The first kappa shape index (κ1) is 11.3. The fourth-order valence-corrected chi connectivity index (χ4v) is 3.38. The van der Waals surface area contributed by atoms with Crippen molar-refractivity contribution in [2.24, 2.45) is 0 Å². The summed E-state index contributed by atoms with van der Waals surface area (Å²) in [7, 11) is 0. The van der Waals surface area contributed by atoms with Crippen LogP contribution < -0.4 is 4.90 Å². The highest BCUT2D eigenvalue weighted by atomic mass is 79.9. The zero-order chi connectivity index (χ0) is 10.7. The van der Waals surface area contributed by atoms with Gasteiger partial charge in [0.1, 0.15) is 0 Å². The highest BCUT2D eigenvalue weighted by Gasteiger charge is 2.11. The molecule has 82 valence electrons. The summed E-state index contributed by atoms with van der Waals surface area (Å²) in [6.07, 6.45) is 0. The molecule has 0 atom stereocenters. The molecular formula is C12H16BrNS. The smallest absolute Gasteiger partial charge is 0.0369 e. The van der Waals surface area contributed by atoms with E-state index >= 15 is 0 Å². The molecule has 1 heterocycles. The van der Waals surface area contributed by atoms with E-state index in [0.717, 1.165) is 5.33 Å². The molecule has 0 aromatic heterocycles. The van der Waals surface area contributed by atoms with Crippen molar-refractivity contribution >= 4 is 33.4 Å². The lowest BCUT2D eigenvalue weighted by molar-refractivity contribution is 0.857. The zero-order valence-electron chi connectivity index (χ0n) is 9.00. The molecule has 0 N–H and O–H groups in total. The van der Waals surface area contributed by atoms with Crippen molar-refractivity contribution in [2.75, 3.05) is 29.5 Å². The molecule has 0 unspecified atom stereocenters. The Bertz CT molecular complexity index is 334. The van der Waals surface area contributed by atoms with Crippen LogP contribution in [0.3, 0.4) is 0 Å². The molecule has 0 aliphatic carbocycles. The molecule has 0 bridgehead atoms. The van der Waals surface area contributed by atoms with Gasteiger partial charge in [-0.2, -0.15) is 11.8 Å². The van der Waals surface area contributed by atoms with Crippen LogP contribution >= 0.6 is 27.7 Å². The van der Waals surface area contributed by atoms with Crippen LogP contribution in [0.4, 0.5) is 5.69 Å². The fraction of sp³-hybridized carbons (Fsp3) is 0.500. The van der Waals surface area contributed by atoms with Crippen LogP contribution in [0.5, 0.6) is 0 Å². The molecule has 3 heteroatoms. The number of alkyl halides is 1. The van der Waals surface area contributed by atoms with Crippen molar-refractivity contribution in [3.8, 4) is 0 Å². The molecule has 0 amide bonds. The summed E-state index contributed by atoms with van der Waals surface area (Å²) in [5, 5.41) is 0.953. The standard InChI is InChI=1S/C12H16BrNS/c1-10-8-12(3-2-11(10)9-13)14-4-6-15-7-5-14/h2-3,8H,4-7,9H2,1H3. The summed E-state index contributed by atoms with van der Waals surface area (Å²) in [5.41, 5.74) is 4.17. The number of benzene rings is 1. The molecule has 1 aromatic carbocycles. The Morgan fingerprint density at radius 1 is 1.33 bits per heavy atom. The van der Waals surface area contributed by atoms with Gasteiger partial charge in [-0.25, -0.2) is 0 Å². The van der Waals surface area contributed by atoms with Crippen molar-refractivity contribution in [1.82, 2.24) is 0 Å². The van der Waals surface area contributed by atoms with Crippen LogP contribution in [-0.4, -0.2) is 24.6 Å². The van der Waals surface area contributed by atoms with Gasteiger partial charge in [0, 0.05) is 35.6 Å². The van der Waals surface area contributed by atoms with Crippen molar-refractivity contribution in [3.05, 3.63) is 29.3 Å². The van der Waals surface area contributed by atoms with E-state index in [4.69, 9.17) is 0 Å². The van der Waals surface area contributed by atoms with Crippen molar-refractivity contribution in [1.29, 1.82) is 0 Å². The third-order valence-electron chi connectivity index (χ3n) is 2.85. The van der Waals surface area contributed by atoms with Crippen molar-refractivity contribution < 1.29 is 0 Å². The number of thioether (sulfide) groups is 1. The minimum Gasteiger partial charge on any atom is -0.370 e. The van der Waals surface area contributed by atoms with E-state index in [1.807, 2.05) is 0 Å². The molecule has 1 nitrogen and oxygen atoms in total. The van der Waals surface area contributed by atoms with Crippen LogP contribution in [0.15, 0.2) is 18.2 Å². The predicted molar refractivity (Wildman–Crippen MR) is 73.3 cm³/mol. The molecule has 0 radical (unpaired) electrons. The van der Waals surface area contributed by atoms with E-state index < -0.39 is 0 Å². The van der Waals surface area contributed by atoms with Crippen LogP contribution in [0.25, 0.3) is 0 Å². The Morgan fingerprint density at radius 2 is 2.07 bits per heavy atom. The summed E-state index contributed by atoms with van der Waals surface area (Å²) in [5.74, 6) is 2.53. The average Bonchev–Trinajstić information content (AvgIpc) is 2.30. The van der Waals surface area contributed by atoms with Gasteiger partial charge in [0.25, 0.3) is 0 Å². The van der Waals surface area contributed by atoms with E-state index in [9.17, 15) is 0 Å². The summed E-state index contributed by atoms with van der Waals surface area (Å²) in [4.78, 5) is 2.49. The molecule has 0 saturated carbocycles. The maximum Gasteiger partial charge on any atom is 0.0369 e. The fourth-order valence-electron chi connectivity index (χ4n) is 1.85. The Hall–Kier alpha value is -0.150. The molecule has 1 aromatic rings. The van der Waals surface area contributed by atoms with E-state index in [1.54, 1.807) is 0 Å². The second-order valence-corrected chi connectivity index (χ2v) is 5.63. The number of aryl methyl sites for hydroxylation is 1. The first-order valence-electron chi connectivity index (χ1n) is 5.29. The van der Waals surface area contributed by atoms with E-state index in [1.165, 1.54) is 41.4 Å². The van der Waals surface area contributed by atoms with Crippen molar-refractivity contribution in [3.63, 3.8) is 0 Å². The van der Waals surface area contributed by atoms with Crippen LogP contribution in [0, 0.1) is 6.92 Å². The van der Waals surface area contributed by atoms with Gasteiger partial charge >= 0.3 is 0 Å². The number of anilines is 1. The van der Waals surface area contributed by atoms with Gasteiger partial charge in [-0.3, -0.25) is 0 Å². The molecule has 1 fully saturated rings. The van der Waals surface area contributed by atoms with Crippen molar-refractivity contribution in [2.45, 2.75) is 12.3 Å². The third kappa shape index (κ3) is 2.70. The number of nitrogens with zero attached hydrogens (tertiary/aromatic N) is 1. The molecule has 2 rings (SSSR count). The Morgan fingerprint density at radius 3 is 2.67 bits per heavy atom. The van der Waals surface area contributed by atoms with Gasteiger partial charge < -0.3 is 4.90 Å². The molecule has 1 aliphatic rings.